The van der Waals surface area contributed by atoms with Gasteiger partial charge in [0, 0.05) is 12.0 Å². The predicted octanol–water partition coefficient (Wildman–Crippen LogP) is 0.287. The molecule has 0 aliphatic heterocycles. The third-order valence-corrected chi connectivity index (χ3v) is 2.45. The first-order valence-electron chi connectivity index (χ1n) is 5.50. The van der Waals surface area contributed by atoms with Crippen molar-refractivity contribution in [3.63, 3.8) is 0 Å². The topological polar surface area (TPSA) is 74.8 Å². The Labute approximate surface area is 98.7 Å². The number of nitrogens with one attached hydrogen (secondary N) is 2. The van der Waals surface area contributed by atoms with Gasteiger partial charge in [-0.3, -0.25) is 9.59 Å². The Morgan fingerprint density at radius 2 is 2.41 bits per heavy atom. The maximum Gasteiger partial charge on any atom is 0.296 e. The summed E-state index contributed by atoms with van der Waals surface area (Å²) in [5.74, 6) is 5.62. The molecule has 1 amide bonds. The molecule has 0 aromatic carbocycles. The van der Waals surface area contributed by atoms with Crippen LogP contribution in [0, 0.1) is 11.8 Å². The second-order valence-corrected chi connectivity index (χ2v) is 3.95. The maximum absolute atomic E-state index is 11.4. The van der Waals surface area contributed by atoms with Crippen LogP contribution in [0.25, 0.3) is 0 Å². The average Bonchev–Trinajstić information content (AvgIpc) is 3.10. The van der Waals surface area contributed by atoms with Gasteiger partial charge in [0.2, 0.25) is 0 Å². The Bertz CT molecular complexity index is 547. The standard InChI is InChI=1S/C12H13N3O2/c1-2-3-10(16)13-7-9-6-11(17)15-12(14-9)8-4-5-8/h6,8H,4-5,7H2,1H3,(H,13,16)(H,14,15,17). The van der Waals surface area contributed by atoms with Gasteiger partial charge in [-0.1, -0.05) is 5.92 Å². The number of hydrogen-bond acceptors (Lipinski definition) is 3. The van der Waals surface area contributed by atoms with E-state index in [1.54, 1.807) is 6.92 Å². The van der Waals surface area contributed by atoms with E-state index in [2.05, 4.69) is 27.1 Å². The van der Waals surface area contributed by atoms with Crippen LogP contribution in [-0.4, -0.2) is 15.9 Å². The molecule has 0 saturated heterocycles. The van der Waals surface area contributed by atoms with Crippen molar-refractivity contribution in [2.75, 3.05) is 0 Å². The molecule has 1 aromatic heterocycles. The fourth-order valence-electron chi connectivity index (χ4n) is 1.50. The number of H-pyrrole nitrogens is 1. The first kappa shape index (κ1) is 11.4. The zero-order valence-corrected chi connectivity index (χ0v) is 9.54. The Morgan fingerprint density at radius 3 is 3.06 bits per heavy atom. The highest BCUT2D eigenvalue weighted by atomic mass is 16.1. The summed E-state index contributed by atoms with van der Waals surface area (Å²) in [6.45, 7) is 1.83. The third kappa shape index (κ3) is 3.18. The van der Waals surface area contributed by atoms with Crippen LogP contribution in [0.4, 0.5) is 0 Å². The van der Waals surface area contributed by atoms with Crippen molar-refractivity contribution in [2.24, 2.45) is 0 Å². The lowest BCUT2D eigenvalue weighted by molar-refractivity contribution is -0.115. The first-order chi connectivity index (χ1) is 8.19. The molecule has 1 aromatic rings. The highest BCUT2D eigenvalue weighted by molar-refractivity contribution is 5.93. The molecule has 2 rings (SSSR count). The van der Waals surface area contributed by atoms with Crippen molar-refractivity contribution >= 4 is 5.91 Å². The quantitative estimate of drug-likeness (QED) is 0.734. The molecule has 1 fully saturated rings. The van der Waals surface area contributed by atoms with E-state index in [4.69, 9.17) is 0 Å². The Morgan fingerprint density at radius 1 is 1.65 bits per heavy atom. The molecule has 1 heterocycles. The summed E-state index contributed by atoms with van der Waals surface area (Å²) < 4.78 is 0. The second kappa shape index (κ2) is 4.83. The number of aromatic amines is 1. The molecule has 2 N–H and O–H groups in total. The van der Waals surface area contributed by atoms with Crippen LogP contribution in [0.3, 0.4) is 0 Å². The summed E-state index contributed by atoms with van der Waals surface area (Å²) in [6.07, 6.45) is 2.14. The van der Waals surface area contributed by atoms with Crippen LogP contribution >= 0.6 is 0 Å². The number of carbonyl (C=O) groups excluding carboxylic acids is 1. The van der Waals surface area contributed by atoms with E-state index in [-0.39, 0.29) is 18.0 Å². The van der Waals surface area contributed by atoms with Crippen LogP contribution in [0.1, 0.15) is 37.2 Å². The minimum Gasteiger partial charge on any atom is -0.340 e. The highest BCUT2D eigenvalue weighted by Gasteiger charge is 2.26. The number of carbonyl (C=O) groups is 1. The lowest BCUT2D eigenvalue weighted by Gasteiger charge is -2.03. The number of hydrogen-bond donors (Lipinski definition) is 2. The van der Waals surface area contributed by atoms with Crippen LogP contribution < -0.4 is 10.9 Å². The normalized spacial score (nSPS) is 13.7. The van der Waals surface area contributed by atoms with E-state index in [0.717, 1.165) is 18.7 Å². The molecule has 0 spiro atoms. The molecule has 88 valence electrons. The summed E-state index contributed by atoms with van der Waals surface area (Å²) in [4.78, 5) is 29.5. The van der Waals surface area contributed by atoms with E-state index in [0.29, 0.717) is 11.6 Å². The van der Waals surface area contributed by atoms with Crippen molar-refractivity contribution in [1.29, 1.82) is 0 Å². The number of aromatic nitrogens is 2. The fraction of sp³-hybridized carbons (Fsp3) is 0.417. The molecule has 1 saturated carbocycles. The van der Waals surface area contributed by atoms with Crippen LogP contribution in [0.2, 0.25) is 0 Å². The van der Waals surface area contributed by atoms with Crippen LogP contribution in [-0.2, 0) is 11.3 Å². The van der Waals surface area contributed by atoms with Gasteiger partial charge >= 0.3 is 0 Å². The van der Waals surface area contributed by atoms with Crippen molar-refractivity contribution < 1.29 is 4.79 Å². The molecule has 0 atom stereocenters. The van der Waals surface area contributed by atoms with Gasteiger partial charge in [0.1, 0.15) is 5.82 Å². The monoisotopic (exact) mass is 231 g/mol. The lowest BCUT2D eigenvalue weighted by atomic mass is 10.3. The summed E-state index contributed by atoms with van der Waals surface area (Å²) in [7, 11) is 0. The molecule has 5 nitrogen and oxygen atoms in total. The molecule has 1 aliphatic carbocycles. The van der Waals surface area contributed by atoms with Gasteiger partial charge in [0.05, 0.1) is 12.2 Å². The van der Waals surface area contributed by atoms with E-state index in [9.17, 15) is 9.59 Å². The van der Waals surface area contributed by atoms with E-state index >= 15 is 0 Å². The van der Waals surface area contributed by atoms with Crippen molar-refractivity contribution in [3.05, 3.63) is 27.9 Å². The van der Waals surface area contributed by atoms with Gasteiger partial charge in [-0.15, -0.1) is 0 Å². The lowest BCUT2D eigenvalue weighted by Crippen LogP contribution is -2.23. The second-order valence-electron chi connectivity index (χ2n) is 3.95. The van der Waals surface area contributed by atoms with Gasteiger partial charge in [0.15, 0.2) is 0 Å². The van der Waals surface area contributed by atoms with Crippen molar-refractivity contribution in [1.82, 2.24) is 15.3 Å². The van der Waals surface area contributed by atoms with E-state index in [1.165, 1.54) is 6.07 Å². The smallest absolute Gasteiger partial charge is 0.296 e. The van der Waals surface area contributed by atoms with Gasteiger partial charge in [0.25, 0.3) is 11.5 Å². The van der Waals surface area contributed by atoms with Gasteiger partial charge in [-0.25, -0.2) is 4.98 Å². The molecular weight excluding hydrogens is 218 g/mol. The van der Waals surface area contributed by atoms with Gasteiger partial charge in [-0.2, -0.15) is 0 Å². The Kier molecular flexibility index (Phi) is 3.24. The minimum absolute atomic E-state index is 0.173. The number of amides is 1. The molecule has 1 aliphatic rings. The zero-order valence-electron chi connectivity index (χ0n) is 9.54. The molecule has 0 radical (unpaired) electrons. The Hall–Kier alpha value is -2.09. The number of rotatable bonds is 3. The van der Waals surface area contributed by atoms with Crippen LogP contribution in [0.15, 0.2) is 10.9 Å². The first-order valence-corrected chi connectivity index (χ1v) is 5.50. The van der Waals surface area contributed by atoms with Gasteiger partial charge in [-0.05, 0) is 25.7 Å². The third-order valence-electron chi connectivity index (χ3n) is 2.45. The van der Waals surface area contributed by atoms with E-state index in [1.807, 2.05) is 0 Å². The summed E-state index contributed by atoms with van der Waals surface area (Å²) >= 11 is 0. The predicted molar refractivity (Wildman–Crippen MR) is 62.1 cm³/mol. The highest BCUT2D eigenvalue weighted by Crippen LogP contribution is 2.37. The fourth-order valence-corrected chi connectivity index (χ4v) is 1.50. The molecular formula is C12H13N3O2. The maximum atomic E-state index is 11.4. The summed E-state index contributed by atoms with van der Waals surface area (Å²) in [5, 5.41) is 2.59. The Balaban J connectivity index is 2.06. The molecule has 17 heavy (non-hydrogen) atoms. The summed E-state index contributed by atoms with van der Waals surface area (Å²) in [5.41, 5.74) is 0.398. The SMILES string of the molecule is CC#CC(=O)NCc1cc(=O)[nH]c(C2CC2)n1. The van der Waals surface area contributed by atoms with Crippen LogP contribution in [0.5, 0.6) is 0 Å². The van der Waals surface area contributed by atoms with Crippen molar-refractivity contribution in [3.8, 4) is 11.8 Å². The average molecular weight is 231 g/mol. The largest absolute Gasteiger partial charge is 0.340 e. The number of nitrogens with zero attached hydrogens (tertiary/aromatic N) is 1. The van der Waals surface area contributed by atoms with E-state index < -0.39 is 0 Å². The molecule has 5 heteroatoms. The summed E-state index contributed by atoms with van der Waals surface area (Å²) in [6, 6.07) is 1.39. The molecule has 0 unspecified atom stereocenters. The van der Waals surface area contributed by atoms with Gasteiger partial charge < -0.3 is 10.3 Å². The minimum atomic E-state index is -0.359. The zero-order chi connectivity index (χ0) is 12.3. The molecule has 0 bridgehead atoms. The van der Waals surface area contributed by atoms with Crippen molar-refractivity contribution in [2.45, 2.75) is 32.2 Å².